The molecule has 3 heteroatoms. The maximum absolute atomic E-state index is 5.60. The molecule has 0 saturated carbocycles. The molecule has 0 fully saturated rings. The van der Waals surface area contributed by atoms with Gasteiger partial charge in [0.15, 0.2) is 0 Å². The van der Waals surface area contributed by atoms with Crippen molar-refractivity contribution < 1.29 is 4.74 Å². The lowest BCUT2D eigenvalue weighted by Gasteiger charge is -2.31. The molecule has 0 saturated heterocycles. The molecule has 0 atom stereocenters. The third-order valence-corrected chi connectivity index (χ3v) is 3.34. The Bertz CT molecular complexity index is 354. The molecule has 0 N–H and O–H groups in total. The van der Waals surface area contributed by atoms with Gasteiger partial charge in [0.25, 0.3) is 0 Å². The molecule has 0 aliphatic carbocycles. The Labute approximate surface area is 104 Å². The molecular formula is C14H22N2O. The molecule has 2 rings (SSSR count). The maximum atomic E-state index is 5.60. The van der Waals surface area contributed by atoms with Crippen molar-refractivity contribution in [3.8, 4) is 0 Å². The molecule has 0 spiro atoms. The summed E-state index contributed by atoms with van der Waals surface area (Å²) >= 11 is 0. The molecule has 1 aromatic rings. The van der Waals surface area contributed by atoms with E-state index in [1.54, 1.807) is 0 Å². The Kier molecular flexibility index (Phi) is 4.40. The second kappa shape index (κ2) is 6.03. The Morgan fingerprint density at radius 1 is 1.35 bits per heavy atom. The van der Waals surface area contributed by atoms with E-state index in [-0.39, 0.29) is 0 Å². The Hall–Kier alpha value is -1.06. The van der Waals surface area contributed by atoms with Crippen molar-refractivity contribution in [1.29, 1.82) is 0 Å². The second-order valence-corrected chi connectivity index (χ2v) is 4.62. The topological polar surface area (TPSA) is 15.7 Å². The van der Waals surface area contributed by atoms with E-state index in [0.717, 1.165) is 33.0 Å². The summed E-state index contributed by atoms with van der Waals surface area (Å²) in [6, 6.07) is 8.53. The normalized spacial score (nSPS) is 15.1. The molecule has 0 bridgehead atoms. The van der Waals surface area contributed by atoms with E-state index in [4.69, 9.17) is 4.74 Å². The molecule has 0 amide bonds. The van der Waals surface area contributed by atoms with E-state index in [2.05, 4.69) is 48.0 Å². The molecule has 17 heavy (non-hydrogen) atoms. The van der Waals surface area contributed by atoms with E-state index in [1.807, 2.05) is 0 Å². The zero-order valence-corrected chi connectivity index (χ0v) is 10.9. The van der Waals surface area contributed by atoms with Gasteiger partial charge in [-0.25, -0.2) is 0 Å². The highest BCUT2D eigenvalue weighted by atomic mass is 16.5. The van der Waals surface area contributed by atoms with Crippen molar-refractivity contribution in [2.24, 2.45) is 0 Å². The predicted molar refractivity (Wildman–Crippen MR) is 71.2 cm³/mol. The van der Waals surface area contributed by atoms with E-state index in [9.17, 15) is 0 Å². The highest BCUT2D eigenvalue weighted by molar-refractivity contribution is 5.54. The zero-order valence-electron chi connectivity index (χ0n) is 10.9. The number of hydrogen-bond acceptors (Lipinski definition) is 3. The zero-order chi connectivity index (χ0) is 12.1. The molecule has 1 aliphatic rings. The van der Waals surface area contributed by atoms with Gasteiger partial charge in [0, 0.05) is 17.8 Å². The van der Waals surface area contributed by atoms with Crippen LogP contribution in [0.25, 0.3) is 0 Å². The van der Waals surface area contributed by atoms with Crippen molar-refractivity contribution in [2.75, 3.05) is 38.3 Å². The minimum absolute atomic E-state index is 0.729. The molecule has 3 nitrogen and oxygen atoms in total. The summed E-state index contributed by atoms with van der Waals surface area (Å²) in [7, 11) is 2.17. The van der Waals surface area contributed by atoms with Gasteiger partial charge < -0.3 is 14.5 Å². The molecule has 0 unspecified atom stereocenters. The Balaban J connectivity index is 1.90. The first kappa shape index (κ1) is 12.4. The third kappa shape index (κ3) is 3.20. The van der Waals surface area contributed by atoms with Crippen molar-refractivity contribution >= 4 is 5.69 Å². The van der Waals surface area contributed by atoms with Crippen molar-refractivity contribution in [1.82, 2.24) is 4.90 Å². The van der Waals surface area contributed by atoms with Gasteiger partial charge in [-0.15, -0.1) is 0 Å². The molecule has 1 heterocycles. The molecule has 1 aliphatic heterocycles. The standard InChI is InChI=1S/C14H22N2O/c1-3-15(2)9-6-10-16-12-17-11-13-7-4-5-8-14(13)16/h4-5,7-8H,3,6,9-12H2,1-2H3. The first-order chi connectivity index (χ1) is 8.31. The number of fused-ring (bicyclic) bond motifs is 1. The lowest BCUT2D eigenvalue weighted by molar-refractivity contribution is 0.109. The molecule has 94 valence electrons. The minimum atomic E-state index is 0.729. The lowest BCUT2D eigenvalue weighted by Crippen LogP contribution is -2.33. The van der Waals surface area contributed by atoms with E-state index < -0.39 is 0 Å². The van der Waals surface area contributed by atoms with Crippen LogP contribution in [0.3, 0.4) is 0 Å². The van der Waals surface area contributed by atoms with Gasteiger partial charge in [-0.1, -0.05) is 25.1 Å². The van der Waals surface area contributed by atoms with Gasteiger partial charge >= 0.3 is 0 Å². The largest absolute Gasteiger partial charge is 0.356 e. The second-order valence-electron chi connectivity index (χ2n) is 4.62. The van der Waals surface area contributed by atoms with Crippen LogP contribution in [-0.2, 0) is 11.3 Å². The van der Waals surface area contributed by atoms with Crippen molar-refractivity contribution in [3.05, 3.63) is 29.8 Å². The molecule has 1 aromatic carbocycles. The summed E-state index contributed by atoms with van der Waals surface area (Å²) in [4.78, 5) is 4.68. The fraction of sp³-hybridized carbons (Fsp3) is 0.571. The number of anilines is 1. The number of nitrogens with zero attached hydrogens (tertiary/aromatic N) is 2. The van der Waals surface area contributed by atoms with Crippen LogP contribution in [0.2, 0.25) is 0 Å². The smallest absolute Gasteiger partial charge is 0.119 e. The highest BCUT2D eigenvalue weighted by Crippen LogP contribution is 2.25. The minimum Gasteiger partial charge on any atom is -0.356 e. The summed E-state index contributed by atoms with van der Waals surface area (Å²) < 4.78 is 5.60. The van der Waals surface area contributed by atoms with Crippen molar-refractivity contribution in [2.45, 2.75) is 20.0 Å². The van der Waals surface area contributed by atoms with Crippen LogP contribution < -0.4 is 4.90 Å². The number of rotatable bonds is 5. The van der Waals surface area contributed by atoms with Crippen LogP contribution in [0.1, 0.15) is 18.9 Å². The quantitative estimate of drug-likeness (QED) is 0.777. The van der Waals surface area contributed by atoms with Crippen LogP contribution in [-0.4, -0.2) is 38.3 Å². The first-order valence-electron chi connectivity index (χ1n) is 6.40. The number of benzene rings is 1. The summed E-state index contributed by atoms with van der Waals surface area (Å²) in [6.45, 7) is 7.01. The van der Waals surface area contributed by atoms with Gasteiger partial charge in [0.1, 0.15) is 6.73 Å². The van der Waals surface area contributed by atoms with Crippen LogP contribution in [0.5, 0.6) is 0 Å². The first-order valence-corrected chi connectivity index (χ1v) is 6.40. The highest BCUT2D eigenvalue weighted by Gasteiger charge is 2.15. The van der Waals surface area contributed by atoms with Crippen LogP contribution in [0.4, 0.5) is 5.69 Å². The number of ether oxygens (including phenoxy) is 1. The van der Waals surface area contributed by atoms with E-state index in [1.165, 1.54) is 17.7 Å². The number of para-hydroxylation sites is 1. The Morgan fingerprint density at radius 2 is 2.18 bits per heavy atom. The summed E-state index contributed by atoms with van der Waals surface area (Å²) in [5.74, 6) is 0. The summed E-state index contributed by atoms with van der Waals surface area (Å²) in [5, 5.41) is 0. The van der Waals surface area contributed by atoms with Crippen LogP contribution in [0.15, 0.2) is 24.3 Å². The van der Waals surface area contributed by atoms with Gasteiger partial charge in [-0.2, -0.15) is 0 Å². The van der Waals surface area contributed by atoms with E-state index in [0.29, 0.717) is 0 Å². The van der Waals surface area contributed by atoms with Gasteiger partial charge in [-0.05, 0) is 32.6 Å². The maximum Gasteiger partial charge on any atom is 0.119 e. The number of hydrogen-bond donors (Lipinski definition) is 0. The van der Waals surface area contributed by atoms with E-state index >= 15 is 0 Å². The van der Waals surface area contributed by atoms with Gasteiger partial charge in [0.2, 0.25) is 0 Å². The lowest BCUT2D eigenvalue weighted by atomic mass is 10.1. The fourth-order valence-electron chi connectivity index (χ4n) is 2.15. The molecule has 0 aromatic heterocycles. The Morgan fingerprint density at radius 3 is 3.00 bits per heavy atom. The molecule has 0 radical (unpaired) electrons. The predicted octanol–water partition coefficient (Wildman–Crippen LogP) is 2.32. The van der Waals surface area contributed by atoms with Crippen LogP contribution in [0, 0.1) is 0 Å². The average Bonchev–Trinajstić information content (AvgIpc) is 2.39. The van der Waals surface area contributed by atoms with Gasteiger partial charge in [-0.3, -0.25) is 0 Å². The average molecular weight is 234 g/mol. The summed E-state index contributed by atoms with van der Waals surface area (Å²) in [5.41, 5.74) is 2.65. The SMILES string of the molecule is CCN(C)CCCN1COCc2ccccc21. The third-order valence-electron chi connectivity index (χ3n) is 3.34. The monoisotopic (exact) mass is 234 g/mol. The molecular weight excluding hydrogens is 212 g/mol. The van der Waals surface area contributed by atoms with Gasteiger partial charge in [0.05, 0.1) is 6.61 Å². The van der Waals surface area contributed by atoms with Crippen LogP contribution >= 0.6 is 0 Å². The summed E-state index contributed by atoms with van der Waals surface area (Å²) in [6.07, 6.45) is 1.18. The van der Waals surface area contributed by atoms with Crippen molar-refractivity contribution in [3.63, 3.8) is 0 Å². The fourth-order valence-corrected chi connectivity index (χ4v) is 2.15.